The van der Waals surface area contributed by atoms with Gasteiger partial charge in [-0.05, 0) is 6.42 Å². The Hall–Kier alpha value is 0.536. The molecule has 0 saturated heterocycles. The maximum absolute atomic E-state index is 10.1. The van der Waals surface area contributed by atoms with Crippen LogP contribution in [-0.4, -0.2) is 23.0 Å². The van der Waals surface area contributed by atoms with Crippen LogP contribution in [0.4, 0.5) is 0 Å². The molecule has 0 radical (unpaired) electrons. The third kappa shape index (κ3) is 8.44. The molecule has 0 bridgehead atoms. The minimum atomic E-state index is -1.11. The van der Waals surface area contributed by atoms with E-state index in [9.17, 15) is 9.59 Å². The Bertz CT molecular complexity index is 151. The molecule has 0 fully saturated rings. The van der Waals surface area contributed by atoms with Gasteiger partial charge in [0.25, 0.3) is 0 Å². The third-order valence-corrected chi connectivity index (χ3v) is 1.02. The zero-order valence-electron chi connectivity index (χ0n) is 6.41. The molecule has 0 aromatic rings. The number of hydrogen-bond donors (Lipinski definition) is 3. The SMILES string of the molecule is NC(=O)CCC(N)C(=O)O.[K+]. The molecule has 5 N–H and O–H groups in total. The molecular weight excluding hydrogens is 175 g/mol. The van der Waals surface area contributed by atoms with E-state index in [0.717, 1.165) is 0 Å². The predicted molar refractivity (Wildman–Crippen MR) is 34.0 cm³/mol. The van der Waals surface area contributed by atoms with Crippen molar-refractivity contribution in [1.29, 1.82) is 0 Å². The first-order chi connectivity index (χ1) is 4.54. The number of primary amides is 1. The van der Waals surface area contributed by atoms with Crippen molar-refractivity contribution >= 4 is 11.9 Å². The van der Waals surface area contributed by atoms with E-state index in [2.05, 4.69) is 0 Å². The van der Waals surface area contributed by atoms with Crippen LogP contribution in [0.2, 0.25) is 0 Å². The Morgan fingerprint density at radius 1 is 1.45 bits per heavy atom. The van der Waals surface area contributed by atoms with Crippen molar-refractivity contribution in [3.05, 3.63) is 0 Å². The van der Waals surface area contributed by atoms with E-state index in [1.807, 2.05) is 0 Å². The van der Waals surface area contributed by atoms with E-state index in [1.54, 1.807) is 0 Å². The van der Waals surface area contributed by atoms with Crippen molar-refractivity contribution in [3.63, 3.8) is 0 Å². The standard InChI is InChI=1S/C5H10N2O3.K/c6-3(5(9)10)1-2-4(7)8;/h3H,1-2,6H2,(H2,7,8)(H,9,10);/q;+1. The van der Waals surface area contributed by atoms with Crippen LogP contribution in [0.25, 0.3) is 0 Å². The molecule has 6 heteroatoms. The fourth-order valence-corrected chi connectivity index (χ4v) is 0.421. The first kappa shape index (κ1) is 14.1. The molecule has 0 heterocycles. The van der Waals surface area contributed by atoms with Crippen molar-refractivity contribution in [2.24, 2.45) is 11.5 Å². The van der Waals surface area contributed by atoms with E-state index < -0.39 is 17.9 Å². The first-order valence-corrected chi connectivity index (χ1v) is 2.80. The summed E-state index contributed by atoms with van der Waals surface area (Å²) in [5, 5.41) is 8.22. The molecule has 0 aliphatic heterocycles. The van der Waals surface area contributed by atoms with Crippen LogP contribution in [0.3, 0.4) is 0 Å². The molecule has 0 aliphatic carbocycles. The number of carboxylic acid groups (broad SMARTS) is 1. The zero-order chi connectivity index (χ0) is 8.15. The maximum Gasteiger partial charge on any atom is 1.00 e. The summed E-state index contributed by atoms with van der Waals surface area (Å²) >= 11 is 0. The van der Waals surface area contributed by atoms with Crippen LogP contribution in [0.15, 0.2) is 0 Å². The Balaban J connectivity index is 0. The molecule has 58 valence electrons. The van der Waals surface area contributed by atoms with Crippen molar-refractivity contribution in [3.8, 4) is 0 Å². The molecule has 11 heavy (non-hydrogen) atoms. The second-order valence-corrected chi connectivity index (χ2v) is 1.95. The second kappa shape index (κ2) is 7.20. The van der Waals surface area contributed by atoms with Gasteiger partial charge in [-0.15, -0.1) is 0 Å². The Kier molecular flexibility index (Phi) is 9.22. The van der Waals surface area contributed by atoms with Gasteiger partial charge < -0.3 is 16.6 Å². The van der Waals surface area contributed by atoms with Gasteiger partial charge in [0.1, 0.15) is 6.04 Å². The molecule has 0 spiro atoms. The van der Waals surface area contributed by atoms with E-state index >= 15 is 0 Å². The smallest absolute Gasteiger partial charge is 0.480 e. The molecule has 0 aromatic carbocycles. The molecule has 0 aromatic heterocycles. The number of rotatable bonds is 4. The predicted octanol–water partition coefficient (Wildman–Crippen LogP) is -4.33. The molecule has 0 saturated carbocycles. The van der Waals surface area contributed by atoms with Crippen molar-refractivity contribution in [1.82, 2.24) is 0 Å². The number of aliphatic carboxylic acids is 1. The molecular formula is C5H10KN2O3+. The van der Waals surface area contributed by atoms with E-state index in [4.69, 9.17) is 16.6 Å². The van der Waals surface area contributed by atoms with Crippen molar-refractivity contribution < 1.29 is 66.1 Å². The fourth-order valence-electron chi connectivity index (χ4n) is 0.421. The monoisotopic (exact) mass is 185 g/mol. The third-order valence-electron chi connectivity index (χ3n) is 1.02. The second-order valence-electron chi connectivity index (χ2n) is 1.95. The van der Waals surface area contributed by atoms with Crippen LogP contribution in [0.1, 0.15) is 12.8 Å². The van der Waals surface area contributed by atoms with Gasteiger partial charge in [-0.25, -0.2) is 0 Å². The van der Waals surface area contributed by atoms with Crippen LogP contribution in [-0.2, 0) is 9.59 Å². The van der Waals surface area contributed by atoms with Crippen LogP contribution < -0.4 is 62.9 Å². The number of carbonyl (C=O) groups is 2. The molecule has 0 aliphatic rings. The normalized spacial score (nSPS) is 11.4. The first-order valence-electron chi connectivity index (χ1n) is 2.80. The average Bonchev–Trinajstić information content (AvgIpc) is 1.82. The average molecular weight is 185 g/mol. The summed E-state index contributed by atoms with van der Waals surface area (Å²) < 4.78 is 0. The summed E-state index contributed by atoms with van der Waals surface area (Å²) in [5.74, 6) is -1.64. The topological polar surface area (TPSA) is 106 Å². The van der Waals surface area contributed by atoms with Gasteiger partial charge >= 0.3 is 57.4 Å². The number of amides is 1. The Morgan fingerprint density at radius 3 is 2.18 bits per heavy atom. The van der Waals surface area contributed by atoms with E-state index in [1.165, 1.54) is 0 Å². The van der Waals surface area contributed by atoms with Gasteiger partial charge in [0.2, 0.25) is 5.91 Å². The summed E-state index contributed by atoms with van der Waals surface area (Å²) in [6.45, 7) is 0. The minimum Gasteiger partial charge on any atom is -0.480 e. The van der Waals surface area contributed by atoms with Gasteiger partial charge in [-0.2, -0.15) is 0 Å². The largest absolute Gasteiger partial charge is 1.00 e. The summed E-state index contributed by atoms with van der Waals surface area (Å²) in [4.78, 5) is 20.1. The zero-order valence-corrected chi connectivity index (χ0v) is 9.53. The van der Waals surface area contributed by atoms with Crippen LogP contribution in [0.5, 0.6) is 0 Å². The maximum atomic E-state index is 10.1. The van der Waals surface area contributed by atoms with Gasteiger partial charge in [-0.1, -0.05) is 0 Å². The molecule has 1 unspecified atom stereocenters. The molecule has 1 atom stereocenters. The number of carbonyl (C=O) groups excluding carboxylic acids is 1. The summed E-state index contributed by atoms with van der Waals surface area (Å²) in [6.07, 6.45) is 0.123. The van der Waals surface area contributed by atoms with Gasteiger partial charge in [0, 0.05) is 6.42 Å². The van der Waals surface area contributed by atoms with Gasteiger partial charge in [0.05, 0.1) is 0 Å². The molecule has 5 nitrogen and oxygen atoms in total. The summed E-state index contributed by atoms with van der Waals surface area (Å²) in [5.41, 5.74) is 9.81. The Labute approximate surface area is 107 Å². The van der Waals surface area contributed by atoms with Crippen molar-refractivity contribution in [2.45, 2.75) is 18.9 Å². The van der Waals surface area contributed by atoms with E-state index in [0.29, 0.717) is 0 Å². The van der Waals surface area contributed by atoms with Crippen molar-refractivity contribution in [2.75, 3.05) is 0 Å². The number of nitrogens with two attached hydrogens (primary N) is 2. The van der Waals surface area contributed by atoms with Crippen LogP contribution >= 0.6 is 0 Å². The molecule has 1 amide bonds. The van der Waals surface area contributed by atoms with Gasteiger partial charge in [-0.3, -0.25) is 9.59 Å². The van der Waals surface area contributed by atoms with Crippen LogP contribution in [0, 0.1) is 0 Å². The fraction of sp³-hybridized carbons (Fsp3) is 0.600. The Morgan fingerprint density at radius 2 is 1.91 bits per heavy atom. The minimum absolute atomic E-state index is 0. The molecule has 0 rings (SSSR count). The number of carboxylic acids is 1. The number of hydrogen-bond acceptors (Lipinski definition) is 3. The summed E-state index contributed by atoms with van der Waals surface area (Å²) in [6, 6.07) is -0.979. The summed E-state index contributed by atoms with van der Waals surface area (Å²) in [7, 11) is 0. The van der Waals surface area contributed by atoms with Gasteiger partial charge in [0.15, 0.2) is 0 Å². The van der Waals surface area contributed by atoms with E-state index in [-0.39, 0.29) is 64.2 Å². The quantitative estimate of drug-likeness (QED) is 0.385.